The van der Waals surface area contributed by atoms with Crippen LogP contribution in [0.3, 0.4) is 0 Å². The lowest BCUT2D eigenvalue weighted by molar-refractivity contribution is -0.133. The molecule has 1 N–H and O–H groups in total. The van der Waals surface area contributed by atoms with Gasteiger partial charge in [-0.25, -0.2) is 0 Å². The van der Waals surface area contributed by atoms with Gasteiger partial charge in [0, 0.05) is 30.6 Å². The molecule has 1 aromatic rings. The van der Waals surface area contributed by atoms with Gasteiger partial charge in [-0.05, 0) is 37.5 Å². The molecule has 0 fully saturated rings. The summed E-state index contributed by atoms with van der Waals surface area (Å²) in [5, 5.41) is 2.57. The normalized spacial score (nSPS) is 13.3. The average molecular weight is 324 g/mol. The van der Waals surface area contributed by atoms with Crippen molar-refractivity contribution in [2.75, 3.05) is 19.8 Å². The Morgan fingerprint density at radius 1 is 1.23 bits per heavy atom. The molecule has 5 nitrogen and oxygen atoms in total. The van der Waals surface area contributed by atoms with Crippen LogP contribution in [0.2, 0.25) is 0 Å². The van der Waals surface area contributed by atoms with E-state index in [9.17, 15) is 13.8 Å². The lowest BCUT2D eigenvalue weighted by Crippen LogP contribution is -2.45. The van der Waals surface area contributed by atoms with Crippen molar-refractivity contribution >= 4 is 22.6 Å². The second kappa shape index (κ2) is 8.08. The minimum atomic E-state index is -1.29. The molecule has 22 heavy (non-hydrogen) atoms. The summed E-state index contributed by atoms with van der Waals surface area (Å²) in [5.41, 5.74) is 3.28. The Balaban J connectivity index is 2.52. The van der Waals surface area contributed by atoms with Gasteiger partial charge in [-0.3, -0.25) is 13.8 Å². The van der Waals surface area contributed by atoms with Crippen molar-refractivity contribution in [3.8, 4) is 0 Å². The molecule has 2 atom stereocenters. The predicted octanol–water partition coefficient (Wildman–Crippen LogP) is 1.15. The molecule has 1 aromatic carbocycles. The minimum absolute atomic E-state index is 0.0992. The van der Waals surface area contributed by atoms with Crippen LogP contribution in [0.25, 0.3) is 0 Å². The van der Waals surface area contributed by atoms with E-state index in [1.165, 1.54) is 10.5 Å². The Hall–Kier alpha value is -1.69. The summed E-state index contributed by atoms with van der Waals surface area (Å²) in [4.78, 5) is 24.9. The fraction of sp³-hybridized carbons (Fsp3) is 0.500. The van der Waals surface area contributed by atoms with Crippen LogP contribution in [-0.2, 0) is 26.1 Å². The first-order valence-corrected chi connectivity index (χ1v) is 8.61. The zero-order valence-electron chi connectivity index (χ0n) is 13.8. The lowest BCUT2D eigenvalue weighted by atomic mass is 10.1. The Kier molecular flexibility index (Phi) is 6.74. The van der Waals surface area contributed by atoms with Gasteiger partial charge in [-0.15, -0.1) is 0 Å². The van der Waals surface area contributed by atoms with Crippen LogP contribution < -0.4 is 5.32 Å². The number of carbonyl (C=O) groups is 2. The monoisotopic (exact) mass is 324 g/mol. The number of amides is 2. The molecule has 0 aliphatic heterocycles. The van der Waals surface area contributed by atoms with E-state index in [0.29, 0.717) is 5.75 Å². The van der Waals surface area contributed by atoms with Gasteiger partial charge in [0.1, 0.15) is 11.8 Å². The van der Waals surface area contributed by atoms with Crippen LogP contribution in [0.5, 0.6) is 0 Å². The van der Waals surface area contributed by atoms with Gasteiger partial charge in [0.15, 0.2) is 0 Å². The number of aryl methyl sites for hydroxylation is 2. The molecule has 0 aromatic heterocycles. The predicted molar refractivity (Wildman–Crippen MR) is 88.9 cm³/mol. The Morgan fingerprint density at radius 3 is 2.41 bits per heavy atom. The zero-order chi connectivity index (χ0) is 16.9. The first kappa shape index (κ1) is 18.4. The van der Waals surface area contributed by atoms with Crippen LogP contribution in [0, 0.1) is 13.8 Å². The molecule has 0 saturated carbocycles. The Labute approximate surface area is 134 Å². The molecule has 6 heteroatoms. The highest BCUT2D eigenvalue weighted by Crippen LogP contribution is 2.11. The number of benzene rings is 1. The molecular weight excluding hydrogens is 300 g/mol. The van der Waals surface area contributed by atoms with E-state index in [1.807, 2.05) is 32.0 Å². The van der Waals surface area contributed by atoms with Crippen molar-refractivity contribution < 1.29 is 13.8 Å². The third-order valence-corrected chi connectivity index (χ3v) is 4.62. The van der Waals surface area contributed by atoms with Gasteiger partial charge in [-0.1, -0.05) is 18.2 Å². The molecule has 0 saturated heterocycles. The number of likely N-dealkylation sites (N-methyl/N-ethyl adjacent to an activating group) is 1. The van der Waals surface area contributed by atoms with Crippen LogP contribution >= 0.6 is 0 Å². The third kappa shape index (κ3) is 5.60. The summed E-state index contributed by atoms with van der Waals surface area (Å²) in [6, 6.07) is 5.29. The van der Waals surface area contributed by atoms with Gasteiger partial charge in [0.25, 0.3) is 0 Å². The van der Waals surface area contributed by atoms with Gasteiger partial charge in [-0.2, -0.15) is 0 Å². The first-order valence-electron chi connectivity index (χ1n) is 7.12. The van der Waals surface area contributed by atoms with E-state index in [-0.39, 0.29) is 17.6 Å². The van der Waals surface area contributed by atoms with Crippen molar-refractivity contribution in [2.24, 2.45) is 0 Å². The zero-order valence-corrected chi connectivity index (χ0v) is 14.6. The molecule has 122 valence electrons. The smallest absolute Gasteiger partial charge is 0.244 e. The highest BCUT2D eigenvalue weighted by molar-refractivity contribution is 7.84. The molecule has 0 bridgehead atoms. The highest BCUT2D eigenvalue weighted by atomic mass is 32.2. The topological polar surface area (TPSA) is 66.5 Å². The maximum Gasteiger partial charge on any atom is 0.244 e. The molecule has 2 unspecified atom stereocenters. The van der Waals surface area contributed by atoms with Crippen LogP contribution in [0.15, 0.2) is 18.2 Å². The molecular formula is C16H24N2O3S. The summed E-state index contributed by atoms with van der Waals surface area (Å²) in [7, 11) is 1.96. The van der Waals surface area contributed by atoms with E-state index >= 15 is 0 Å². The molecule has 0 heterocycles. The summed E-state index contributed by atoms with van der Waals surface area (Å²) in [6.07, 6.45) is 0. The summed E-state index contributed by atoms with van der Waals surface area (Å²) in [5.74, 6) is -0.319. The van der Waals surface area contributed by atoms with E-state index in [2.05, 4.69) is 5.32 Å². The van der Waals surface area contributed by atoms with Crippen molar-refractivity contribution in [3.05, 3.63) is 34.9 Å². The number of rotatable bonds is 6. The first-order chi connectivity index (χ1) is 10.2. The van der Waals surface area contributed by atoms with Crippen molar-refractivity contribution in [3.63, 3.8) is 0 Å². The minimum Gasteiger partial charge on any atom is -0.347 e. The standard InChI is InChI=1S/C16H24N2O3S/c1-11-6-7-14(8-12(11)2)9-22(21)10-15(19)17-13(3)16(20)18(4)5/h6-8,13H,9-10H2,1-5H3,(H,17,19). The molecule has 0 aliphatic rings. The van der Waals surface area contributed by atoms with E-state index in [1.54, 1.807) is 21.0 Å². The third-order valence-electron chi connectivity index (χ3n) is 3.38. The van der Waals surface area contributed by atoms with E-state index < -0.39 is 16.8 Å². The van der Waals surface area contributed by atoms with Crippen LogP contribution in [0.1, 0.15) is 23.6 Å². The van der Waals surface area contributed by atoms with Crippen LogP contribution in [-0.4, -0.2) is 46.8 Å². The Bertz CT molecular complexity index is 585. The fourth-order valence-corrected chi connectivity index (χ4v) is 3.04. The Morgan fingerprint density at radius 2 is 1.86 bits per heavy atom. The summed E-state index contributed by atoms with van der Waals surface area (Å²) < 4.78 is 12.1. The highest BCUT2D eigenvalue weighted by Gasteiger charge is 2.18. The fourth-order valence-electron chi connectivity index (χ4n) is 2.01. The van der Waals surface area contributed by atoms with Gasteiger partial charge < -0.3 is 10.2 Å². The van der Waals surface area contributed by atoms with E-state index in [4.69, 9.17) is 0 Å². The second-order valence-corrected chi connectivity index (χ2v) is 7.13. The summed E-state index contributed by atoms with van der Waals surface area (Å²) >= 11 is 0. The summed E-state index contributed by atoms with van der Waals surface area (Å²) in [6.45, 7) is 5.64. The van der Waals surface area contributed by atoms with Gasteiger partial charge >= 0.3 is 0 Å². The molecule has 0 spiro atoms. The van der Waals surface area contributed by atoms with Gasteiger partial charge in [0.05, 0.1) is 0 Å². The lowest BCUT2D eigenvalue weighted by Gasteiger charge is -2.17. The largest absolute Gasteiger partial charge is 0.347 e. The number of nitrogens with zero attached hydrogens (tertiary/aromatic N) is 1. The maximum absolute atomic E-state index is 12.1. The average Bonchev–Trinajstić information content (AvgIpc) is 2.41. The number of nitrogens with one attached hydrogen (secondary N) is 1. The van der Waals surface area contributed by atoms with Crippen molar-refractivity contribution in [1.29, 1.82) is 0 Å². The van der Waals surface area contributed by atoms with Crippen molar-refractivity contribution in [1.82, 2.24) is 10.2 Å². The molecule has 2 amide bonds. The molecule has 0 aliphatic carbocycles. The second-order valence-electron chi connectivity index (χ2n) is 5.67. The molecule has 0 radical (unpaired) electrons. The van der Waals surface area contributed by atoms with Crippen LogP contribution in [0.4, 0.5) is 0 Å². The number of carbonyl (C=O) groups excluding carboxylic acids is 2. The number of hydrogen-bond donors (Lipinski definition) is 1. The maximum atomic E-state index is 12.1. The quantitative estimate of drug-likeness (QED) is 0.853. The van der Waals surface area contributed by atoms with Gasteiger partial charge in [0.2, 0.25) is 11.8 Å². The SMILES string of the molecule is Cc1ccc(CS(=O)CC(=O)NC(C)C(=O)N(C)C)cc1C. The van der Waals surface area contributed by atoms with Crippen molar-refractivity contribution in [2.45, 2.75) is 32.6 Å². The number of hydrogen-bond acceptors (Lipinski definition) is 3. The van der Waals surface area contributed by atoms with E-state index in [0.717, 1.165) is 11.1 Å². The molecule has 1 rings (SSSR count).